The van der Waals surface area contributed by atoms with Gasteiger partial charge in [-0.15, -0.1) is 11.3 Å². The van der Waals surface area contributed by atoms with Crippen molar-refractivity contribution >= 4 is 22.2 Å². The molecular formula is C13H10N2O2S. The van der Waals surface area contributed by atoms with Crippen LogP contribution in [0.15, 0.2) is 35.7 Å². The Balaban J connectivity index is 2.15. The van der Waals surface area contributed by atoms with Crippen molar-refractivity contribution in [1.29, 1.82) is 5.26 Å². The van der Waals surface area contributed by atoms with E-state index < -0.39 is 0 Å². The van der Waals surface area contributed by atoms with E-state index in [1.165, 1.54) is 11.3 Å². The van der Waals surface area contributed by atoms with E-state index >= 15 is 0 Å². The van der Waals surface area contributed by atoms with Crippen molar-refractivity contribution in [3.05, 3.63) is 46.8 Å². The van der Waals surface area contributed by atoms with Crippen LogP contribution in [0.25, 0.3) is 0 Å². The van der Waals surface area contributed by atoms with Gasteiger partial charge in [-0.25, -0.2) is 0 Å². The van der Waals surface area contributed by atoms with Gasteiger partial charge < -0.3 is 10.1 Å². The van der Waals surface area contributed by atoms with Crippen LogP contribution in [0.5, 0.6) is 5.75 Å². The van der Waals surface area contributed by atoms with Gasteiger partial charge in [0, 0.05) is 5.56 Å². The molecule has 0 saturated heterocycles. The molecule has 4 nitrogen and oxygen atoms in total. The van der Waals surface area contributed by atoms with E-state index in [1.807, 2.05) is 6.07 Å². The quantitative estimate of drug-likeness (QED) is 0.920. The molecule has 0 aliphatic carbocycles. The van der Waals surface area contributed by atoms with Crippen LogP contribution in [0, 0.1) is 11.3 Å². The average Bonchev–Trinajstić information content (AvgIpc) is 2.86. The van der Waals surface area contributed by atoms with E-state index in [2.05, 4.69) is 5.32 Å². The number of nitrogens with zero attached hydrogens (tertiary/aromatic N) is 1. The SMILES string of the molecule is COc1ccc(C(=O)Nc2sccc2C#N)cc1. The van der Waals surface area contributed by atoms with E-state index in [1.54, 1.807) is 42.8 Å². The van der Waals surface area contributed by atoms with Crippen molar-refractivity contribution in [2.45, 2.75) is 0 Å². The van der Waals surface area contributed by atoms with Gasteiger partial charge in [0.1, 0.15) is 16.8 Å². The normalized spacial score (nSPS) is 9.56. The van der Waals surface area contributed by atoms with Gasteiger partial charge in [0.15, 0.2) is 0 Å². The number of carbonyl (C=O) groups excluding carboxylic acids is 1. The number of amides is 1. The molecule has 0 saturated carbocycles. The van der Waals surface area contributed by atoms with Gasteiger partial charge in [0.25, 0.3) is 5.91 Å². The lowest BCUT2D eigenvalue weighted by atomic mass is 10.2. The summed E-state index contributed by atoms with van der Waals surface area (Å²) in [5, 5.41) is 13.9. The Hall–Kier alpha value is -2.32. The summed E-state index contributed by atoms with van der Waals surface area (Å²) in [4.78, 5) is 11.9. The van der Waals surface area contributed by atoms with E-state index in [9.17, 15) is 4.79 Å². The maximum atomic E-state index is 11.9. The Morgan fingerprint density at radius 1 is 1.33 bits per heavy atom. The number of thiophene rings is 1. The third kappa shape index (κ3) is 2.50. The smallest absolute Gasteiger partial charge is 0.256 e. The second-order valence-electron chi connectivity index (χ2n) is 3.46. The van der Waals surface area contributed by atoms with Gasteiger partial charge in [0.05, 0.1) is 12.7 Å². The number of hydrogen-bond acceptors (Lipinski definition) is 4. The summed E-state index contributed by atoms with van der Waals surface area (Å²) in [7, 11) is 1.57. The molecule has 0 fully saturated rings. The first-order chi connectivity index (χ1) is 8.74. The Morgan fingerprint density at radius 2 is 2.06 bits per heavy atom. The largest absolute Gasteiger partial charge is 0.497 e. The minimum Gasteiger partial charge on any atom is -0.497 e. The first-order valence-electron chi connectivity index (χ1n) is 5.17. The minimum atomic E-state index is -0.239. The fraction of sp³-hybridized carbons (Fsp3) is 0.0769. The first-order valence-corrected chi connectivity index (χ1v) is 6.05. The monoisotopic (exact) mass is 258 g/mol. The summed E-state index contributed by atoms with van der Waals surface area (Å²) in [6.07, 6.45) is 0. The lowest BCUT2D eigenvalue weighted by Crippen LogP contribution is -2.11. The standard InChI is InChI=1S/C13H10N2O2S/c1-17-11-4-2-9(3-5-11)12(16)15-13-10(8-14)6-7-18-13/h2-7H,1H3,(H,15,16). The van der Waals surface area contributed by atoms with Crippen LogP contribution in [0.2, 0.25) is 0 Å². The van der Waals surface area contributed by atoms with Crippen molar-refractivity contribution < 1.29 is 9.53 Å². The topological polar surface area (TPSA) is 62.1 Å². The zero-order valence-electron chi connectivity index (χ0n) is 9.64. The Morgan fingerprint density at radius 3 is 2.67 bits per heavy atom. The second kappa shape index (κ2) is 5.34. The molecule has 0 bridgehead atoms. The highest BCUT2D eigenvalue weighted by molar-refractivity contribution is 7.14. The molecule has 18 heavy (non-hydrogen) atoms. The molecule has 0 unspecified atom stereocenters. The number of rotatable bonds is 3. The Labute approximate surface area is 108 Å². The van der Waals surface area contributed by atoms with Crippen molar-refractivity contribution in [2.24, 2.45) is 0 Å². The predicted octanol–water partition coefficient (Wildman–Crippen LogP) is 2.88. The Bertz CT molecular complexity index is 596. The molecule has 2 rings (SSSR count). The molecule has 0 atom stereocenters. The lowest BCUT2D eigenvalue weighted by Gasteiger charge is -2.04. The van der Waals surface area contributed by atoms with Gasteiger partial charge >= 0.3 is 0 Å². The predicted molar refractivity (Wildman–Crippen MR) is 70.0 cm³/mol. The number of benzene rings is 1. The average molecular weight is 258 g/mol. The number of ether oxygens (including phenoxy) is 1. The summed E-state index contributed by atoms with van der Waals surface area (Å²) in [6, 6.07) is 10.5. The van der Waals surface area contributed by atoms with Gasteiger partial charge in [-0.05, 0) is 35.7 Å². The first kappa shape index (κ1) is 12.1. The maximum absolute atomic E-state index is 11.9. The van der Waals surface area contributed by atoms with Crippen LogP contribution >= 0.6 is 11.3 Å². The number of nitriles is 1. The number of hydrogen-bond donors (Lipinski definition) is 1. The molecule has 1 aromatic carbocycles. The highest BCUT2D eigenvalue weighted by Crippen LogP contribution is 2.23. The van der Waals surface area contributed by atoms with Gasteiger partial charge in [-0.1, -0.05) is 0 Å². The molecule has 0 aliphatic heterocycles. The molecule has 1 amide bonds. The minimum absolute atomic E-state index is 0.239. The molecule has 0 spiro atoms. The van der Waals surface area contributed by atoms with Gasteiger partial charge in [-0.3, -0.25) is 4.79 Å². The Kier molecular flexibility index (Phi) is 3.60. The van der Waals surface area contributed by atoms with Gasteiger partial charge in [-0.2, -0.15) is 5.26 Å². The van der Waals surface area contributed by atoms with Crippen LogP contribution in [0.4, 0.5) is 5.00 Å². The van der Waals surface area contributed by atoms with E-state index in [4.69, 9.17) is 10.00 Å². The summed E-state index contributed by atoms with van der Waals surface area (Å²) >= 11 is 1.33. The molecule has 1 heterocycles. The zero-order chi connectivity index (χ0) is 13.0. The summed E-state index contributed by atoms with van der Waals surface area (Å²) in [5.74, 6) is 0.456. The third-order valence-corrected chi connectivity index (χ3v) is 3.19. The van der Waals surface area contributed by atoms with Crippen LogP contribution < -0.4 is 10.1 Å². The molecule has 1 aromatic heterocycles. The molecule has 0 aliphatic rings. The third-order valence-electron chi connectivity index (χ3n) is 2.36. The van der Waals surface area contributed by atoms with E-state index in [-0.39, 0.29) is 5.91 Å². The molecule has 2 aromatic rings. The van der Waals surface area contributed by atoms with Crippen molar-refractivity contribution in [1.82, 2.24) is 0 Å². The molecule has 90 valence electrons. The number of anilines is 1. The number of methoxy groups -OCH3 is 1. The molecule has 1 N–H and O–H groups in total. The van der Waals surface area contributed by atoms with E-state index in [0.717, 1.165) is 0 Å². The van der Waals surface area contributed by atoms with Crippen LogP contribution in [0.3, 0.4) is 0 Å². The fourth-order valence-corrected chi connectivity index (χ4v) is 2.14. The van der Waals surface area contributed by atoms with Crippen molar-refractivity contribution in [2.75, 3.05) is 12.4 Å². The lowest BCUT2D eigenvalue weighted by molar-refractivity contribution is 0.102. The molecular weight excluding hydrogens is 248 g/mol. The number of carbonyl (C=O) groups is 1. The van der Waals surface area contributed by atoms with Crippen molar-refractivity contribution in [3.63, 3.8) is 0 Å². The van der Waals surface area contributed by atoms with E-state index in [0.29, 0.717) is 21.9 Å². The summed E-state index contributed by atoms with van der Waals surface area (Å²) in [5.41, 5.74) is 0.995. The van der Waals surface area contributed by atoms with Crippen LogP contribution in [-0.4, -0.2) is 13.0 Å². The molecule has 5 heteroatoms. The fourth-order valence-electron chi connectivity index (χ4n) is 1.41. The summed E-state index contributed by atoms with van der Waals surface area (Å²) < 4.78 is 5.02. The zero-order valence-corrected chi connectivity index (χ0v) is 10.5. The van der Waals surface area contributed by atoms with Crippen LogP contribution in [0.1, 0.15) is 15.9 Å². The molecule has 0 radical (unpaired) electrons. The van der Waals surface area contributed by atoms with Gasteiger partial charge in [0.2, 0.25) is 0 Å². The highest BCUT2D eigenvalue weighted by Gasteiger charge is 2.10. The second-order valence-corrected chi connectivity index (χ2v) is 4.37. The van der Waals surface area contributed by atoms with Crippen LogP contribution in [-0.2, 0) is 0 Å². The maximum Gasteiger partial charge on any atom is 0.256 e. The van der Waals surface area contributed by atoms with Crippen molar-refractivity contribution in [3.8, 4) is 11.8 Å². The number of nitrogens with one attached hydrogen (secondary N) is 1. The summed E-state index contributed by atoms with van der Waals surface area (Å²) in [6.45, 7) is 0. The highest BCUT2D eigenvalue weighted by atomic mass is 32.1.